The average molecular weight is 376 g/mol. The maximum absolute atomic E-state index is 12.1. The zero-order valence-corrected chi connectivity index (χ0v) is 15.1. The SMILES string of the molecule is CCCCCNC(=O)c1cncc(Nc2ccc(C)c(Br)c2)c1. The van der Waals surface area contributed by atoms with Gasteiger partial charge in [0.25, 0.3) is 5.91 Å². The second-order valence-electron chi connectivity index (χ2n) is 5.51. The number of anilines is 2. The largest absolute Gasteiger partial charge is 0.354 e. The molecule has 0 fully saturated rings. The lowest BCUT2D eigenvalue weighted by Gasteiger charge is -2.09. The number of aromatic nitrogens is 1. The van der Waals surface area contributed by atoms with Gasteiger partial charge in [-0.15, -0.1) is 0 Å². The molecular formula is C18H22BrN3O. The first kappa shape index (κ1) is 17.5. The van der Waals surface area contributed by atoms with Crippen molar-refractivity contribution in [1.29, 1.82) is 0 Å². The van der Waals surface area contributed by atoms with Crippen molar-refractivity contribution >= 4 is 33.2 Å². The molecule has 2 rings (SSSR count). The maximum Gasteiger partial charge on any atom is 0.252 e. The Kier molecular flexibility index (Phi) is 6.59. The highest BCUT2D eigenvalue weighted by Crippen LogP contribution is 2.23. The Morgan fingerprint density at radius 3 is 2.74 bits per heavy atom. The molecule has 0 bridgehead atoms. The Labute approximate surface area is 145 Å². The lowest BCUT2D eigenvalue weighted by molar-refractivity contribution is 0.0952. The van der Waals surface area contributed by atoms with E-state index in [0.29, 0.717) is 12.1 Å². The van der Waals surface area contributed by atoms with E-state index in [1.807, 2.05) is 31.2 Å². The van der Waals surface area contributed by atoms with Gasteiger partial charge >= 0.3 is 0 Å². The van der Waals surface area contributed by atoms with Crippen molar-refractivity contribution in [3.63, 3.8) is 0 Å². The quantitative estimate of drug-likeness (QED) is 0.682. The van der Waals surface area contributed by atoms with Gasteiger partial charge in [0.1, 0.15) is 0 Å². The average Bonchev–Trinajstić information content (AvgIpc) is 2.55. The molecule has 0 saturated heterocycles. The second kappa shape index (κ2) is 8.67. The molecule has 1 amide bonds. The summed E-state index contributed by atoms with van der Waals surface area (Å²) in [5.74, 6) is -0.0812. The molecule has 0 spiro atoms. The summed E-state index contributed by atoms with van der Waals surface area (Å²) in [5.41, 5.74) is 3.48. The van der Waals surface area contributed by atoms with Crippen molar-refractivity contribution in [2.24, 2.45) is 0 Å². The highest BCUT2D eigenvalue weighted by molar-refractivity contribution is 9.10. The van der Waals surface area contributed by atoms with E-state index >= 15 is 0 Å². The number of rotatable bonds is 7. The highest BCUT2D eigenvalue weighted by Gasteiger charge is 2.07. The van der Waals surface area contributed by atoms with Gasteiger partial charge in [-0.1, -0.05) is 41.8 Å². The first-order valence-corrected chi connectivity index (χ1v) is 8.66. The molecule has 2 aromatic rings. The summed E-state index contributed by atoms with van der Waals surface area (Å²) in [6, 6.07) is 7.85. The number of carbonyl (C=O) groups is 1. The maximum atomic E-state index is 12.1. The molecule has 23 heavy (non-hydrogen) atoms. The van der Waals surface area contributed by atoms with Crippen LogP contribution in [0.4, 0.5) is 11.4 Å². The summed E-state index contributed by atoms with van der Waals surface area (Å²) in [6.45, 7) is 4.89. The zero-order chi connectivity index (χ0) is 16.7. The normalized spacial score (nSPS) is 10.4. The third-order valence-electron chi connectivity index (χ3n) is 3.53. The number of carbonyl (C=O) groups excluding carboxylic acids is 1. The van der Waals surface area contributed by atoms with E-state index in [-0.39, 0.29) is 5.91 Å². The fourth-order valence-electron chi connectivity index (χ4n) is 2.15. The number of benzene rings is 1. The predicted molar refractivity (Wildman–Crippen MR) is 98.3 cm³/mol. The van der Waals surface area contributed by atoms with Crippen LogP contribution in [0.5, 0.6) is 0 Å². The van der Waals surface area contributed by atoms with Crippen LogP contribution in [-0.4, -0.2) is 17.4 Å². The molecule has 0 saturated carbocycles. The molecule has 0 aliphatic rings. The number of nitrogens with one attached hydrogen (secondary N) is 2. The van der Waals surface area contributed by atoms with Gasteiger partial charge in [-0.05, 0) is 37.1 Å². The number of aryl methyl sites for hydroxylation is 1. The Morgan fingerprint density at radius 2 is 2.00 bits per heavy atom. The number of halogens is 1. The van der Waals surface area contributed by atoms with Gasteiger partial charge in [-0.25, -0.2) is 0 Å². The van der Waals surface area contributed by atoms with Crippen LogP contribution in [0.2, 0.25) is 0 Å². The fraction of sp³-hybridized carbons (Fsp3) is 0.333. The van der Waals surface area contributed by atoms with E-state index in [9.17, 15) is 4.79 Å². The Morgan fingerprint density at radius 1 is 1.17 bits per heavy atom. The van der Waals surface area contributed by atoms with Gasteiger partial charge < -0.3 is 10.6 Å². The molecule has 1 aromatic heterocycles. The van der Waals surface area contributed by atoms with Crippen LogP contribution < -0.4 is 10.6 Å². The molecule has 4 nitrogen and oxygen atoms in total. The molecule has 0 unspecified atom stereocenters. The molecular weight excluding hydrogens is 354 g/mol. The number of hydrogen-bond acceptors (Lipinski definition) is 3. The topological polar surface area (TPSA) is 54.0 Å². The summed E-state index contributed by atoms with van der Waals surface area (Å²) in [4.78, 5) is 16.3. The van der Waals surface area contributed by atoms with Crippen LogP contribution in [0.15, 0.2) is 41.1 Å². The van der Waals surface area contributed by atoms with Gasteiger partial charge in [-0.2, -0.15) is 0 Å². The zero-order valence-electron chi connectivity index (χ0n) is 13.5. The van der Waals surface area contributed by atoms with E-state index in [2.05, 4.69) is 38.5 Å². The van der Waals surface area contributed by atoms with E-state index in [4.69, 9.17) is 0 Å². The number of unbranched alkanes of at least 4 members (excludes halogenated alkanes) is 2. The van der Waals surface area contributed by atoms with Crippen molar-refractivity contribution in [1.82, 2.24) is 10.3 Å². The van der Waals surface area contributed by atoms with Crippen molar-refractivity contribution in [3.05, 3.63) is 52.3 Å². The van der Waals surface area contributed by atoms with Crippen LogP contribution in [-0.2, 0) is 0 Å². The minimum atomic E-state index is -0.0812. The van der Waals surface area contributed by atoms with Gasteiger partial charge in [0.15, 0.2) is 0 Å². The lowest BCUT2D eigenvalue weighted by atomic mass is 10.2. The number of nitrogens with zero attached hydrogens (tertiary/aromatic N) is 1. The lowest BCUT2D eigenvalue weighted by Crippen LogP contribution is -2.24. The van der Waals surface area contributed by atoms with E-state index < -0.39 is 0 Å². The van der Waals surface area contributed by atoms with Crippen molar-refractivity contribution < 1.29 is 4.79 Å². The Hall–Kier alpha value is -1.88. The van der Waals surface area contributed by atoms with Gasteiger partial charge in [0.2, 0.25) is 0 Å². The summed E-state index contributed by atoms with van der Waals surface area (Å²) >= 11 is 3.52. The van der Waals surface area contributed by atoms with Crippen molar-refractivity contribution in [2.45, 2.75) is 33.1 Å². The Balaban J connectivity index is 2.01. The third kappa shape index (κ3) is 5.36. The minimum absolute atomic E-state index is 0.0812. The molecule has 0 aliphatic carbocycles. The first-order valence-electron chi connectivity index (χ1n) is 7.86. The Bertz CT molecular complexity index is 673. The molecule has 0 aliphatic heterocycles. The summed E-state index contributed by atoms with van der Waals surface area (Å²) in [6.07, 6.45) is 6.57. The van der Waals surface area contributed by atoms with Gasteiger partial charge in [0.05, 0.1) is 17.4 Å². The molecule has 5 heteroatoms. The predicted octanol–water partition coefficient (Wildman–Crippen LogP) is 4.82. The molecule has 0 radical (unpaired) electrons. The third-order valence-corrected chi connectivity index (χ3v) is 4.38. The molecule has 0 atom stereocenters. The van der Waals surface area contributed by atoms with Crippen molar-refractivity contribution in [3.8, 4) is 0 Å². The minimum Gasteiger partial charge on any atom is -0.354 e. The fourth-order valence-corrected chi connectivity index (χ4v) is 2.53. The van der Waals surface area contributed by atoms with Crippen LogP contribution >= 0.6 is 15.9 Å². The van der Waals surface area contributed by atoms with Crippen LogP contribution in [0.25, 0.3) is 0 Å². The standard InChI is InChI=1S/C18H22BrN3O/c1-3-4-5-8-21-18(23)14-9-16(12-20-11-14)22-15-7-6-13(2)17(19)10-15/h6-7,9-12,22H,3-5,8H2,1-2H3,(H,21,23). The van der Waals surface area contributed by atoms with Gasteiger partial charge in [0, 0.05) is 22.9 Å². The van der Waals surface area contributed by atoms with Crippen LogP contribution in [0.3, 0.4) is 0 Å². The number of hydrogen-bond donors (Lipinski definition) is 2. The van der Waals surface area contributed by atoms with Crippen molar-refractivity contribution in [2.75, 3.05) is 11.9 Å². The van der Waals surface area contributed by atoms with Gasteiger partial charge in [-0.3, -0.25) is 9.78 Å². The molecule has 1 aromatic carbocycles. The van der Waals surface area contributed by atoms with Crippen LogP contribution in [0, 0.1) is 6.92 Å². The van der Waals surface area contributed by atoms with Crippen LogP contribution in [0.1, 0.15) is 42.1 Å². The smallest absolute Gasteiger partial charge is 0.252 e. The summed E-state index contributed by atoms with van der Waals surface area (Å²) in [7, 11) is 0. The summed E-state index contributed by atoms with van der Waals surface area (Å²) < 4.78 is 1.04. The highest BCUT2D eigenvalue weighted by atomic mass is 79.9. The van der Waals surface area contributed by atoms with E-state index in [0.717, 1.165) is 35.1 Å². The van der Waals surface area contributed by atoms with E-state index in [1.165, 1.54) is 5.56 Å². The molecule has 122 valence electrons. The first-order chi connectivity index (χ1) is 11.1. The van der Waals surface area contributed by atoms with E-state index in [1.54, 1.807) is 12.4 Å². The molecule has 1 heterocycles. The second-order valence-corrected chi connectivity index (χ2v) is 6.37. The monoisotopic (exact) mass is 375 g/mol. The number of amides is 1. The molecule has 2 N–H and O–H groups in total. The number of pyridine rings is 1. The summed E-state index contributed by atoms with van der Waals surface area (Å²) in [5, 5.41) is 6.20.